The van der Waals surface area contributed by atoms with E-state index in [0.717, 1.165) is 16.8 Å². The van der Waals surface area contributed by atoms with Crippen LogP contribution in [0.4, 0.5) is 5.69 Å². The maximum atomic E-state index is 12.1. The summed E-state index contributed by atoms with van der Waals surface area (Å²) in [5.74, 6) is 0.730. The molecule has 0 saturated carbocycles. The van der Waals surface area contributed by atoms with Crippen LogP contribution < -0.4 is 14.8 Å². The molecule has 6 heteroatoms. The Kier molecular flexibility index (Phi) is 5.96. The third kappa shape index (κ3) is 5.00. The van der Waals surface area contributed by atoms with Gasteiger partial charge in [0.1, 0.15) is 13.2 Å². The van der Waals surface area contributed by atoms with Gasteiger partial charge in [-0.05, 0) is 35.2 Å². The number of hydrogen-bond donors (Lipinski definition) is 1. The molecule has 3 rings (SSSR count). The first-order valence-corrected chi connectivity index (χ1v) is 8.96. The Morgan fingerprint density at radius 1 is 1.07 bits per heavy atom. The van der Waals surface area contributed by atoms with E-state index in [4.69, 9.17) is 14.2 Å². The molecule has 0 bridgehead atoms. The highest BCUT2D eigenvalue weighted by Crippen LogP contribution is 2.31. The number of benzene rings is 2. The van der Waals surface area contributed by atoms with Crippen molar-refractivity contribution in [1.29, 1.82) is 0 Å². The Bertz CT molecular complexity index is 831. The first kappa shape index (κ1) is 18.8. The second kappa shape index (κ2) is 8.58. The van der Waals surface area contributed by atoms with E-state index < -0.39 is 5.97 Å². The number of para-hydroxylation sites is 1. The van der Waals surface area contributed by atoms with E-state index in [1.165, 1.54) is 0 Å². The highest BCUT2D eigenvalue weighted by molar-refractivity contribution is 5.93. The third-order valence-electron chi connectivity index (χ3n) is 4.18. The molecule has 1 N–H and O–H groups in total. The zero-order chi connectivity index (χ0) is 19.2. The fourth-order valence-electron chi connectivity index (χ4n) is 2.86. The molecule has 0 unspecified atom stereocenters. The minimum atomic E-state index is -0.473. The molecule has 0 radical (unpaired) electrons. The SMILES string of the molecule is CC(C)c1ccccc1NC(=O)COC(=O)Cc1ccc2c(c1)OCCO2. The second-order valence-electron chi connectivity index (χ2n) is 6.61. The van der Waals surface area contributed by atoms with E-state index in [0.29, 0.717) is 24.7 Å². The lowest BCUT2D eigenvalue weighted by atomic mass is 10.0. The summed E-state index contributed by atoms with van der Waals surface area (Å²) in [6.45, 7) is 4.79. The van der Waals surface area contributed by atoms with Crippen molar-refractivity contribution in [1.82, 2.24) is 0 Å². The molecule has 2 aromatic carbocycles. The van der Waals surface area contributed by atoms with E-state index in [-0.39, 0.29) is 24.9 Å². The first-order valence-electron chi connectivity index (χ1n) is 8.96. The van der Waals surface area contributed by atoms with Gasteiger partial charge in [0.15, 0.2) is 18.1 Å². The molecule has 0 saturated heterocycles. The molecule has 142 valence electrons. The van der Waals surface area contributed by atoms with Gasteiger partial charge >= 0.3 is 5.97 Å². The number of rotatable bonds is 6. The number of anilines is 1. The standard InChI is InChI=1S/C21H23NO5/c1-14(2)16-5-3-4-6-17(16)22-20(23)13-27-21(24)12-15-7-8-18-19(11-15)26-10-9-25-18/h3-8,11,14H,9-10,12-13H2,1-2H3,(H,22,23). The average Bonchev–Trinajstić information content (AvgIpc) is 2.66. The van der Waals surface area contributed by atoms with Gasteiger partial charge in [0.25, 0.3) is 5.91 Å². The van der Waals surface area contributed by atoms with Crippen LogP contribution in [-0.2, 0) is 20.7 Å². The van der Waals surface area contributed by atoms with Crippen LogP contribution in [0.5, 0.6) is 11.5 Å². The van der Waals surface area contributed by atoms with Gasteiger partial charge in [0, 0.05) is 5.69 Å². The van der Waals surface area contributed by atoms with Crippen LogP contribution in [0.2, 0.25) is 0 Å². The highest BCUT2D eigenvalue weighted by Gasteiger charge is 2.15. The van der Waals surface area contributed by atoms with Gasteiger partial charge < -0.3 is 19.5 Å². The molecule has 0 fully saturated rings. The quantitative estimate of drug-likeness (QED) is 0.791. The summed E-state index contributed by atoms with van der Waals surface area (Å²) in [5.41, 5.74) is 2.52. The molecule has 27 heavy (non-hydrogen) atoms. The fourth-order valence-corrected chi connectivity index (χ4v) is 2.86. The number of hydrogen-bond acceptors (Lipinski definition) is 5. The minimum absolute atomic E-state index is 0.0620. The van der Waals surface area contributed by atoms with E-state index in [2.05, 4.69) is 19.2 Å². The Morgan fingerprint density at radius 2 is 1.81 bits per heavy atom. The summed E-state index contributed by atoms with van der Waals surface area (Å²) in [6.07, 6.45) is 0.0620. The van der Waals surface area contributed by atoms with Crippen molar-refractivity contribution in [2.75, 3.05) is 25.1 Å². The Hall–Kier alpha value is -3.02. The number of nitrogens with one attached hydrogen (secondary N) is 1. The van der Waals surface area contributed by atoms with E-state index in [1.54, 1.807) is 18.2 Å². The summed E-state index contributed by atoms with van der Waals surface area (Å²) in [7, 11) is 0. The van der Waals surface area contributed by atoms with Crippen LogP contribution >= 0.6 is 0 Å². The van der Waals surface area contributed by atoms with Crippen molar-refractivity contribution >= 4 is 17.6 Å². The fraction of sp³-hybridized carbons (Fsp3) is 0.333. The summed E-state index contributed by atoms with van der Waals surface area (Å²) >= 11 is 0. The van der Waals surface area contributed by atoms with Crippen LogP contribution in [0.3, 0.4) is 0 Å². The molecule has 0 aliphatic carbocycles. The number of carbonyl (C=O) groups is 2. The second-order valence-corrected chi connectivity index (χ2v) is 6.61. The van der Waals surface area contributed by atoms with E-state index in [1.807, 2.05) is 24.3 Å². The van der Waals surface area contributed by atoms with Crippen molar-refractivity contribution < 1.29 is 23.8 Å². The largest absolute Gasteiger partial charge is 0.486 e. The van der Waals surface area contributed by atoms with Gasteiger partial charge in [-0.2, -0.15) is 0 Å². The molecule has 1 aliphatic rings. The lowest BCUT2D eigenvalue weighted by Crippen LogP contribution is -2.22. The van der Waals surface area contributed by atoms with Crippen molar-refractivity contribution in [3.05, 3.63) is 53.6 Å². The number of amides is 1. The molecule has 1 heterocycles. The average molecular weight is 369 g/mol. The van der Waals surface area contributed by atoms with Crippen molar-refractivity contribution in [2.24, 2.45) is 0 Å². The molecule has 6 nitrogen and oxygen atoms in total. The molecule has 0 aromatic heterocycles. The van der Waals surface area contributed by atoms with Crippen LogP contribution in [0, 0.1) is 0 Å². The minimum Gasteiger partial charge on any atom is -0.486 e. The number of esters is 1. The van der Waals surface area contributed by atoms with Gasteiger partial charge in [-0.1, -0.05) is 38.1 Å². The predicted molar refractivity (Wildman–Crippen MR) is 101 cm³/mol. The number of fused-ring (bicyclic) bond motifs is 1. The zero-order valence-corrected chi connectivity index (χ0v) is 15.5. The highest BCUT2D eigenvalue weighted by atomic mass is 16.6. The Balaban J connectivity index is 1.51. The number of ether oxygens (including phenoxy) is 3. The van der Waals surface area contributed by atoms with Gasteiger partial charge in [0.05, 0.1) is 6.42 Å². The summed E-state index contributed by atoms with van der Waals surface area (Å²) in [6, 6.07) is 12.9. The topological polar surface area (TPSA) is 73.9 Å². The zero-order valence-electron chi connectivity index (χ0n) is 15.5. The van der Waals surface area contributed by atoms with Crippen LogP contribution in [0.15, 0.2) is 42.5 Å². The van der Waals surface area contributed by atoms with Gasteiger partial charge in [-0.25, -0.2) is 0 Å². The van der Waals surface area contributed by atoms with Gasteiger partial charge in [0.2, 0.25) is 0 Å². The maximum Gasteiger partial charge on any atom is 0.310 e. The smallest absolute Gasteiger partial charge is 0.310 e. The summed E-state index contributed by atoms with van der Waals surface area (Å²) in [4.78, 5) is 24.1. The summed E-state index contributed by atoms with van der Waals surface area (Å²) in [5, 5.41) is 2.80. The normalized spacial score (nSPS) is 12.6. The third-order valence-corrected chi connectivity index (χ3v) is 4.18. The lowest BCUT2D eigenvalue weighted by Gasteiger charge is -2.18. The molecule has 1 amide bonds. The van der Waals surface area contributed by atoms with Crippen LogP contribution in [0.1, 0.15) is 30.9 Å². The van der Waals surface area contributed by atoms with Gasteiger partial charge in [-0.3, -0.25) is 9.59 Å². The predicted octanol–water partition coefficient (Wildman–Crippen LogP) is 3.31. The molecule has 0 spiro atoms. The molecule has 0 atom stereocenters. The molecular formula is C21H23NO5. The summed E-state index contributed by atoms with van der Waals surface area (Å²) < 4.78 is 16.1. The first-order chi connectivity index (χ1) is 13.0. The van der Waals surface area contributed by atoms with Crippen LogP contribution in [0.25, 0.3) is 0 Å². The van der Waals surface area contributed by atoms with Crippen LogP contribution in [-0.4, -0.2) is 31.7 Å². The lowest BCUT2D eigenvalue weighted by molar-refractivity contribution is -0.146. The molecule has 1 aliphatic heterocycles. The maximum absolute atomic E-state index is 12.1. The Labute approximate surface area is 158 Å². The molecule has 2 aromatic rings. The number of carbonyl (C=O) groups excluding carboxylic acids is 2. The van der Waals surface area contributed by atoms with Gasteiger partial charge in [-0.15, -0.1) is 0 Å². The Morgan fingerprint density at radius 3 is 2.59 bits per heavy atom. The molecular weight excluding hydrogens is 346 g/mol. The van der Waals surface area contributed by atoms with Crippen molar-refractivity contribution in [3.63, 3.8) is 0 Å². The van der Waals surface area contributed by atoms with Crippen molar-refractivity contribution in [3.8, 4) is 11.5 Å². The van der Waals surface area contributed by atoms with Crippen molar-refractivity contribution in [2.45, 2.75) is 26.2 Å². The van der Waals surface area contributed by atoms with E-state index in [9.17, 15) is 9.59 Å². The monoisotopic (exact) mass is 369 g/mol. The van der Waals surface area contributed by atoms with E-state index >= 15 is 0 Å².